The summed E-state index contributed by atoms with van der Waals surface area (Å²) in [5.74, 6) is 0.811. The van der Waals surface area contributed by atoms with Gasteiger partial charge in [-0.15, -0.1) is 11.3 Å². The molecule has 0 spiro atoms. The molecule has 0 N–H and O–H groups in total. The monoisotopic (exact) mass is 487 g/mol. The highest BCUT2D eigenvalue weighted by molar-refractivity contribution is 7.07. The number of methoxy groups -OCH3 is 1. The van der Waals surface area contributed by atoms with E-state index in [1.54, 1.807) is 32.2 Å². The molecular formula is C24H22ClNO6S. The van der Waals surface area contributed by atoms with Crippen molar-refractivity contribution in [2.45, 2.75) is 20.1 Å². The van der Waals surface area contributed by atoms with Crippen molar-refractivity contribution in [1.82, 2.24) is 4.57 Å². The lowest BCUT2D eigenvalue weighted by atomic mass is 10.1. The summed E-state index contributed by atoms with van der Waals surface area (Å²) in [6.07, 6.45) is 3.10. The average molecular weight is 488 g/mol. The van der Waals surface area contributed by atoms with Crippen LogP contribution in [0.1, 0.15) is 23.6 Å². The summed E-state index contributed by atoms with van der Waals surface area (Å²) in [6.45, 7) is 2.64. The summed E-state index contributed by atoms with van der Waals surface area (Å²) in [7, 11) is 1.59. The standard InChI is InChI=1S/C24H22ClNO6S/c1-3-31-22(27)11-21-26(12-16-9-18(25)10-17-13-30-14-32-23(16)17)24(28)20(33-21)8-15-5-4-6-19(7-15)29-2/h4-11H,3,12-14H2,1-2H3. The van der Waals surface area contributed by atoms with Crippen LogP contribution >= 0.6 is 22.9 Å². The van der Waals surface area contributed by atoms with Crippen LogP contribution in [0.3, 0.4) is 0 Å². The van der Waals surface area contributed by atoms with E-state index in [-0.39, 0.29) is 25.5 Å². The highest BCUT2D eigenvalue weighted by atomic mass is 35.5. The second kappa shape index (κ2) is 10.2. The molecule has 0 saturated heterocycles. The Kier molecular flexibility index (Phi) is 7.17. The van der Waals surface area contributed by atoms with Gasteiger partial charge in [0.25, 0.3) is 5.56 Å². The molecule has 4 rings (SSSR count). The summed E-state index contributed by atoms with van der Waals surface area (Å²) in [4.78, 5) is 25.6. The summed E-state index contributed by atoms with van der Waals surface area (Å²) in [5, 5.41) is 0.514. The Balaban J connectivity index is 1.85. The van der Waals surface area contributed by atoms with Crippen LogP contribution in [0.5, 0.6) is 11.5 Å². The lowest BCUT2D eigenvalue weighted by Gasteiger charge is -2.21. The van der Waals surface area contributed by atoms with Crippen LogP contribution in [0.15, 0.2) is 41.2 Å². The van der Waals surface area contributed by atoms with Crippen LogP contribution in [-0.2, 0) is 27.4 Å². The molecule has 1 aliphatic heterocycles. The molecule has 0 radical (unpaired) electrons. The van der Waals surface area contributed by atoms with E-state index >= 15 is 0 Å². The number of carbonyl (C=O) groups excluding carboxylic acids is 1. The van der Waals surface area contributed by atoms with Gasteiger partial charge in [-0.05, 0) is 42.8 Å². The van der Waals surface area contributed by atoms with Crippen molar-refractivity contribution in [3.8, 4) is 11.5 Å². The summed E-state index contributed by atoms with van der Waals surface area (Å²) >= 11 is 7.51. The van der Waals surface area contributed by atoms with Crippen molar-refractivity contribution in [3.05, 3.63) is 77.7 Å². The molecule has 0 saturated carbocycles. The zero-order chi connectivity index (χ0) is 23.4. The molecule has 0 aliphatic carbocycles. The average Bonchev–Trinajstić information content (AvgIpc) is 3.08. The van der Waals surface area contributed by atoms with Gasteiger partial charge in [-0.1, -0.05) is 23.7 Å². The largest absolute Gasteiger partial charge is 0.497 e. The molecule has 1 aromatic heterocycles. The van der Waals surface area contributed by atoms with Crippen molar-refractivity contribution < 1.29 is 23.7 Å². The Morgan fingerprint density at radius 1 is 1.30 bits per heavy atom. The molecule has 1 aliphatic rings. The molecule has 0 atom stereocenters. The Labute approximate surface area is 199 Å². The van der Waals surface area contributed by atoms with Crippen LogP contribution in [0, 0.1) is 0 Å². The fraction of sp³-hybridized carbons (Fsp3) is 0.250. The second-order valence-electron chi connectivity index (χ2n) is 7.18. The topological polar surface area (TPSA) is 76.0 Å². The number of ether oxygens (including phenoxy) is 4. The summed E-state index contributed by atoms with van der Waals surface area (Å²) < 4.78 is 23.8. The van der Waals surface area contributed by atoms with Crippen LogP contribution < -0.4 is 24.2 Å². The summed E-state index contributed by atoms with van der Waals surface area (Å²) in [6, 6.07) is 10.9. The molecule has 0 unspecified atom stereocenters. The molecule has 9 heteroatoms. The number of aromatic nitrogens is 1. The van der Waals surface area contributed by atoms with Gasteiger partial charge in [-0.3, -0.25) is 9.36 Å². The van der Waals surface area contributed by atoms with Gasteiger partial charge in [-0.25, -0.2) is 4.79 Å². The molecule has 33 heavy (non-hydrogen) atoms. The van der Waals surface area contributed by atoms with E-state index in [1.165, 1.54) is 22.0 Å². The van der Waals surface area contributed by atoms with Gasteiger partial charge in [0.1, 0.15) is 16.2 Å². The number of halogens is 1. The third-order valence-corrected chi connectivity index (χ3v) is 6.21. The Morgan fingerprint density at radius 2 is 2.15 bits per heavy atom. The predicted octanol–water partition coefficient (Wildman–Crippen LogP) is 2.66. The van der Waals surface area contributed by atoms with Gasteiger partial charge in [0, 0.05) is 16.1 Å². The quantitative estimate of drug-likeness (QED) is 0.498. The van der Waals surface area contributed by atoms with Crippen molar-refractivity contribution in [1.29, 1.82) is 0 Å². The number of nitrogens with zero attached hydrogens (tertiary/aromatic N) is 1. The molecule has 172 valence electrons. The maximum Gasteiger partial charge on any atom is 0.333 e. The van der Waals surface area contributed by atoms with Crippen molar-refractivity contribution in [2.24, 2.45) is 0 Å². The zero-order valence-corrected chi connectivity index (χ0v) is 19.7. The number of thiazole rings is 1. The smallest absolute Gasteiger partial charge is 0.333 e. The van der Waals surface area contributed by atoms with Gasteiger partial charge in [0.15, 0.2) is 6.79 Å². The molecule has 2 aromatic carbocycles. The number of hydrogen-bond acceptors (Lipinski definition) is 7. The number of fused-ring (bicyclic) bond motifs is 1. The van der Waals surface area contributed by atoms with Crippen LogP contribution in [-0.4, -0.2) is 31.0 Å². The molecule has 0 amide bonds. The van der Waals surface area contributed by atoms with E-state index in [1.807, 2.05) is 24.3 Å². The van der Waals surface area contributed by atoms with E-state index in [0.29, 0.717) is 32.3 Å². The van der Waals surface area contributed by atoms with Crippen molar-refractivity contribution in [2.75, 3.05) is 20.5 Å². The maximum absolute atomic E-state index is 13.4. The van der Waals surface area contributed by atoms with E-state index in [2.05, 4.69) is 0 Å². The van der Waals surface area contributed by atoms with Gasteiger partial charge < -0.3 is 18.9 Å². The molecule has 0 fully saturated rings. The van der Waals surface area contributed by atoms with Gasteiger partial charge in [0.2, 0.25) is 0 Å². The lowest BCUT2D eigenvalue weighted by molar-refractivity contribution is -0.135. The fourth-order valence-electron chi connectivity index (χ4n) is 3.50. The first-order chi connectivity index (χ1) is 16.0. The first-order valence-corrected chi connectivity index (χ1v) is 11.4. The molecule has 7 nitrogen and oxygen atoms in total. The van der Waals surface area contributed by atoms with Gasteiger partial charge in [-0.2, -0.15) is 0 Å². The number of carbonyl (C=O) groups is 1. The first kappa shape index (κ1) is 23.1. The Hall–Kier alpha value is -3.07. The maximum atomic E-state index is 13.4. The summed E-state index contributed by atoms with van der Waals surface area (Å²) in [5.41, 5.74) is 2.11. The predicted molar refractivity (Wildman–Crippen MR) is 126 cm³/mol. The minimum absolute atomic E-state index is 0.122. The Bertz CT molecular complexity index is 1360. The number of esters is 1. The molecule has 0 bridgehead atoms. The Morgan fingerprint density at radius 3 is 2.94 bits per heavy atom. The third kappa shape index (κ3) is 5.30. The minimum atomic E-state index is -0.516. The highest BCUT2D eigenvalue weighted by Crippen LogP contribution is 2.31. The number of rotatable bonds is 6. The number of hydrogen-bond donors (Lipinski definition) is 0. The van der Waals surface area contributed by atoms with Crippen LogP contribution in [0.25, 0.3) is 12.2 Å². The normalized spacial score (nSPS) is 14.0. The van der Waals surface area contributed by atoms with Gasteiger partial charge in [0.05, 0.1) is 37.5 Å². The molecule has 3 aromatic rings. The van der Waals surface area contributed by atoms with E-state index in [9.17, 15) is 9.59 Å². The van der Waals surface area contributed by atoms with E-state index < -0.39 is 5.97 Å². The van der Waals surface area contributed by atoms with Crippen LogP contribution in [0.4, 0.5) is 0 Å². The van der Waals surface area contributed by atoms with Gasteiger partial charge >= 0.3 is 5.97 Å². The SMILES string of the molecule is CCOC(=O)C=c1sc(=Cc2cccc(OC)c2)c(=O)n1Cc1cc(Cl)cc2c1OCOC2. The van der Waals surface area contributed by atoms with Crippen molar-refractivity contribution in [3.63, 3.8) is 0 Å². The molecular weight excluding hydrogens is 466 g/mol. The molecule has 2 heterocycles. The zero-order valence-electron chi connectivity index (χ0n) is 18.1. The van der Waals surface area contributed by atoms with Crippen LogP contribution in [0.2, 0.25) is 5.02 Å². The second-order valence-corrected chi connectivity index (χ2v) is 8.68. The third-order valence-electron chi connectivity index (χ3n) is 4.94. The minimum Gasteiger partial charge on any atom is -0.497 e. The first-order valence-electron chi connectivity index (χ1n) is 10.2. The number of benzene rings is 2. The lowest BCUT2D eigenvalue weighted by Crippen LogP contribution is -2.32. The van der Waals surface area contributed by atoms with Crippen molar-refractivity contribution >= 4 is 41.1 Å². The fourth-order valence-corrected chi connectivity index (χ4v) is 4.80. The highest BCUT2D eigenvalue weighted by Gasteiger charge is 2.18. The van der Waals surface area contributed by atoms with E-state index in [0.717, 1.165) is 16.7 Å². The van der Waals surface area contributed by atoms with E-state index in [4.69, 9.17) is 30.5 Å².